The number of hydrogen-bond donors (Lipinski definition) is 3. The maximum Gasteiger partial charge on any atom is 0.310 e. The van der Waals surface area contributed by atoms with Gasteiger partial charge in [0.25, 0.3) is 5.91 Å². The number of halogens is 1. The molecule has 0 heterocycles. The third kappa shape index (κ3) is 5.90. The Kier molecular flexibility index (Phi) is 7.04. The zero-order valence-electron chi connectivity index (χ0n) is 16.3. The van der Waals surface area contributed by atoms with E-state index in [2.05, 4.69) is 26.6 Å². The number of para-hydroxylation sites is 1. The summed E-state index contributed by atoms with van der Waals surface area (Å²) >= 11 is 3.47. The zero-order chi connectivity index (χ0) is 20.8. The van der Waals surface area contributed by atoms with E-state index in [1.807, 2.05) is 12.3 Å². The van der Waals surface area contributed by atoms with Crippen LogP contribution in [0.3, 0.4) is 0 Å². The van der Waals surface area contributed by atoms with E-state index in [-0.39, 0.29) is 24.0 Å². The fourth-order valence-corrected chi connectivity index (χ4v) is 3.48. The van der Waals surface area contributed by atoms with Crippen molar-refractivity contribution in [2.75, 3.05) is 18.5 Å². The highest BCUT2D eigenvalue weighted by Gasteiger charge is 2.22. The van der Waals surface area contributed by atoms with Gasteiger partial charge < -0.3 is 20.8 Å². The Labute approximate surface area is 178 Å². The van der Waals surface area contributed by atoms with E-state index in [1.54, 1.807) is 37.3 Å². The Balaban J connectivity index is 1.68. The minimum Gasteiger partial charge on any atom is -0.466 e. The number of carbonyl (C=O) groups excluding carboxylic acids is 2. The van der Waals surface area contributed by atoms with Gasteiger partial charge in [-0.05, 0) is 49.5 Å². The van der Waals surface area contributed by atoms with Gasteiger partial charge in [0.15, 0.2) is 0 Å². The van der Waals surface area contributed by atoms with Crippen LogP contribution in [0, 0.1) is 11.3 Å². The lowest BCUT2D eigenvalue weighted by Gasteiger charge is -2.16. The first-order valence-corrected chi connectivity index (χ1v) is 10.4. The average Bonchev–Trinajstić information content (AvgIpc) is 3.50. The number of hydrogen-bond acceptors (Lipinski definition) is 5. The molecule has 152 valence electrons. The summed E-state index contributed by atoms with van der Waals surface area (Å²) in [6, 6.07) is 7.12. The maximum absolute atomic E-state index is 12.7. The summed E-state index contributed by atoms with van der Waals surface area (Å²) in [5, 5.41) is 14.4. The summed E-state index contributed by atoms with van der Waals surface area (Å²) in [6.45, 7) is 2.97. The first-order valence-electron chi connectivity index (χ1n) is 9.64. The van der Waals surface area contributed by atoms with Gasteiger partial charge in [0.2, 0.25) is 0 Å². The highest BCUT2D eigenvalue weighted by Crippen LogP contribution is 2.29. The molecular weight excluding hydrogens is 434 g/mol. The van der Waals surface area contributed by atoms with Crippen LogP contribution in [0.2, 0.25) is 0 Å². The number of carbonyl (C=O) groups is 2. The number of ether oxygens (including phenoxy) is 1. The quantitative estimate of drug-likeness (QED) is 0.516. The van der Waals surface area contributed by atoms with Gasteiger partial charge in [-0.2, -0.15) is 0 Å². The highest BCUT2D eigenvalue weighted by atomic mass is 79.9. The molecule has 0 aliphatic heterocycles. The number of allylic oxidation sites excluding steroid dienone is 3. The topological polar surface area (TPSA) is 91.3 Å². The van der Waals surface area contributed by atoms with Gasteiger partial charge in [-0.15, -0.1) is 0 Å². The second kappa shape index (κ2) is 9.69. The molecule has 0 aromatic heterocycles. The fraction of sp³-hybridized carbons (Fsp3) is 0.318. The molecule has 1 amide bonds. The smallest absolute Gasteiger partial charge is 0.310 e. The Bertz CT molecular complexity index is 914. The largest absolute Gasteiger partial charge is 0.466 e. The Hall–Kier alpha value is -2.67. The zero-order valence-corrected chi connectivity index (χ0v) is 17.8. The van der Waals surface area contributed by atoms with E-state index in [0.717, 1.165) is 12.5 Å². The van der Waals surface area contributed by atoms with E-state index < -0.39 is 0 Å². The van der Waals surface area contributed by atoms with Crippen LogP contribution in [0.5, 0.6) is 0 Å². The van der Waals surface area contributed by atoms with Crippen molar-refractivity contribution in [2.45, 2.75) is 26.2 Å². The summed E-state index contributed by atoms with van der Waals surface area (Å²) in [6.07, 6.45) is 7.66. The van der Waals surface area contributed by atoms with Crippen LogP contribution >= 0.6 is 15.9 Å². The number of anilines is 1. The monoisotopic (exact) mass is 457 g/mol. The number of rotatable bonds is 8. The minimum absolute atomic E-state index is 0.0816. The van der Waals surface area contributed by atoms with Crippen molar-refractivity contribution in [1.82, 2.24) is 5.32 Å². The molecule has 0 radical (unpaired) electrons. The van der Waals surface area contributed by atoms with Crippen molar-refractivity contribution in [3.63, 3.8) is 0 Å². The molecule has 7 heteroatoms. The second-order valence-electron chi connectivity index (χ2n) is 7.01. The molecule has 0 bridgehead atoms. The first-order chi connectivity index (χ1) is 14.0. The third-order valence-corrected chi connectivity index (χ3v) is 5.30. The molecule has 0 atom stereocenters. The van der Waals surface area contributed by atoms with Gasteiger partial charge in [-0.3, -0.25) is 9.59 Å². The van der Waals surface area contributed by atoms with Crippen molar-refractivity contribution in [1.29, 1.82) is 5.41 Å². The molecule has 29 heavy (non-hydrogen) atoms. The first kappa shape index (κ1) is 21.0. The molecule has 1 aromatic rings. The van der Waals surface area contributed by atoms with Crippen molar-refractivity contribution in [2.24, 2.45) is 5.92 Å². The van der Waals surface area contributed by atoms with E-state index >= 15 is 0 Å². The molecular formula is C22H24BrN3O3. The van der Waals surface area contributed by atoms with E-state index in [1.165, 1.54) is 12.8 Å². The highest BCUT2D eigenvalue weighted by molar-refractivity contribution is 9.12. The van der Waals surface area contributed by atoms with Gasteiger partial charge in [0.05, 0.1) is 18.7 Å². The van der Waals surface area contributed by atoms with Gasteiger partial charge in [-0.25, -0.2) is 0 Å². The minimum atomic E-state index is -0.344. The Morgan fingerprint density at radius 3 is 2.72 bits per heavy atom. The van der Waals surface area contributed by atoms with Crippen LogP contribution in [0.1, 0.15) is 25.3 Å². The molecule has 6 nitrogen and oxygen atoms in total. The third-order valence-electron chi connectivity index (χ3n) is 4.65. The summed E-state index contributed by atoms with van der Waals surface area (Å²) in [4.78, 5) is 24.6. The predicted molar refractivity (Wildman–Crippen MR) is 117 cm³/mol. The van der Waals surface area contributed by atoms with E-state index in [4.69, 9.17) is 10.1 Å². The predicted octanol–water partition coefficient (Wildman–Crippen LogP) is 3.85. The molecule has 2 aliphatic carbocycles. The Morgan fingerprint density at radius 1 is 1.28 bits per heavy atom. The normalized spacial score (nSPS) is 17.4. The summed E-state index contributed by atoms with van der Waals surface area (Å²) in [5.41, 5.74) is 2.57. The molecule has 1 fully saturated rings. The standard InChI is InChI=1S/C22H24BrN3O3/c1-2-29-21(27)11-15-5-3-4-6-20(15)26-22(28)16-9-18(23)17(19(24)10-16)13-25-12-14-7-8-14/h3-6,9-10,13-14,24-25H,2,7-8,11-12H2,1H3,(H,26,28)/b17-13-,24-19?. The summed E-state index contributed by atoms with van der Waals surface area (Å²) in [5.74, 6) is 0.0518. The molecule has 3 N–H and O–H groups in total. The molecule has 2 aliphatic rings. The van der Waals surface area contributed by atoms with Crippen LogP contribution in [0.4, 0.5) is 5.69 Å². The van der Waals surface area contributed by atoms with Crippen molar-refractivity contribution in [3.05, 3.63) is 63.8 Å². The number of nitrogens with one attached hydrogen (secondary N) is 3. The van der Waals surface area contributed by atoms with Gasteiger partial charge in [0, 0.05) is 34.1 Å². The number of benzene rings is 1. The van der Waals surface area contributed by atoms with Crippen LogP contribution in [-0.2, 0) is 20.7 Å². The lowest BCUT2D eigenvalue weighted by molar-refractivity contribution is -0.142. The lowest BCUT2D eigenvalue weighted by Crippen LogP contribution is -2.20. The van der Waals surface area contributed by atoms with Crippen LogP contribution in [-0.4, -0.2) is 30.7 Å². The van der Waals surface area contributed by atoms with Crippen LogP contribution in [0.15, 0.2) is 58.2 Å². The molecule has 0 spiro atoms. The Morgan fingerprint density at radius 2 is 2.03 bits per heavy atom. The van der Waals surface area contributed by atoms with Gasteiger partial charge in [-0.1, -0.05) is 34.1 Å². The maximum atomic E-state index is 12.7. The van der Waals surface area contributed by atoms with Crippen molar-refractivity contribution < 1.29 is 14.3 Å². The van der Waals surface area contributed by atoms with Crippen LogP contribution < -0.4 is 10.6 Å². The lowest BCUT2D eigenvalue weighted by atomic mass is 10.00. The number of amides is 1. The van der Waals surface area contributed by atoms with Crippen molar-refractivity contribution >= 4 is 39.2 Å². The van der Waals surface area contributed by atoms with Gasteiger partial charge >= 0.3 is 5.97 Å². The van der Waals surface area contributed by atoms with Gasteiger partial charge in [0.1, 0.15) is 0 Å². The second-order valence-corrected chi connectivity index (χ2v) is 7.86. The van der Waals surface area contributed by atoms with E-state index in [9.17, 15) is 9.59 Å². The van der Waals surface area contributed by atoms with E-state index in [0.29, 0.717) is 33.5 Å². The molecule has 1 aromatic carbocycles. The molecule has 0 unspecified atom stereocenters. The average molecular weight is 458 g/mol. The fourth-order valence-electron chi connectivity index (χ4n) is 2.90. The molecule has 1 saturated carbocycles. The summed E-state index contributed by atoms with van der Waals surface area (Å²) < 4.78 is 5.67. The number of esters is 1. The molecule has 0 saturated heterocycles. The van der Waals surface area contributed by atoms with Crippen LogP contribution in [0.25, 0.3) is 0 Å². The summed E-state index contributed by atoms with van der Waals surface area (Å²) in [7, 11) is 0. The molecule has 3 rings (SSSR count). The van der Waals surface area contributed by atoms with Crippen molar-refractivity contribution in [3.8, 4) is 0 Å². The SMILES string of the molecule is CCOC(=O)Cc1ccccc1NC(=O)C1=CC(=N)/C(=C\NCC2CC2)C(Br)=C1.